The number of nitrogens with zero attached hydrogens (tertiary/aromatic N) is 4. The number of alkyl halides is 2. The minimum atomic E-state index is -3.01. The Bertz CT molecular complexity index is 1170. The predicted molar refractivity (Wildman–Crippen MR) is 128 cm³/mol. The molecule has 32 heavy (non-hydrogen) atoms. The van der Waals surface area contributed by atoms with E-state index in [0.717, 1.165) is 32.7 Å². The van der Waals surface area contributed by atoms with Crippen LogP contribution in [0.25, 0.3) is 10.1 Å². The molecule has 0 N–H and O–H groups in total. The van der Waals surface area contributed by atoms with Crippen molar-refractivity contribution < 1.29 is 8.78 Å². The van der Waals surface area contributed by atoms with Crippen molar-refractivity contribution in [1.29, 1.82) is 0 Å². The van der Waals surface area contributed by atoms with Crippen LogP contribution in [0.5, 0.6) is 0 Å². The van der Waals surface area contributed by atoms with E-state index in [9.17, 15) is 13.6 Å². The highest BCUT2D eigenvalue weighted by atomic mass is 35.5. The molecule has 9 heteroatoms. The van der Waals surface area contributed by atoms with Crippen molar-refractivity contribution in [3.05, 3.63) is 57.1 Å². The summed E-state index contributed by atoms with van der Waals surface area (Å²) in [7, 11) is 0. The van der Waals surface area contributed by atoms with E-state index >= 15 is 0 Å². The van der Waals surface area contributed by atoms with Gasteiger partial charge in [0.2, 0.25) is 0 Å². The quantitative estimate of drug-likeness (QED) is 0.553. The van der Waals surface area contributed by atoms with Gasteiger partial charge in [0, 0.05) is 72.7 Å². The zero-order chi connectivity index (χ0) is 21.6. The van der Waals surface area contributed by atoms with E-state index < -0.39 is 5.92 Å². The lowest BCUT2D eigenvalue weighted by molar-refractivity contribution is -0.0415. The van der Waals surface area contributed by atoms with Crippen LogP contribution in [0.1, 0.15) is 29.9 Å². The van der Waals surface area contributed by atoms with Gasteiger partial charge in [-0.05, 0) is 43.3 Å². The second kappa shape index (κ2) is 9.08. The molecule has 0 amide bonds. The van der Waals surface area contributed by atoms with Crippen LogP contribution in [-0.2, 0) is 18.9 Å². The van der Waals surface area contributed by atoms with Crippen molar-refractivity contribution in [3.8, 4) is 0 Å². The molecular formula is C23H27ClF2N4OS. The molecule has 0 spiro atoms. The minimum Gasteiger partial charge on any atom is -0.368 e. The number of fused-ring (bicyclic) bond motifs is 2. The average Bonchev–Trinajstić information content (AvgIpc) is 3.24. The maximum Gasteiger partial charge on any atom is 0.305 e. The van der Waals surface area contributed by atoms with E-state index in [0.29, 0.717) is 30.6 Å². The van der Waals surface area contributed by atoms with Gasteiger partial charge in [0.1, 0.15) is 0 Å². The van der Waals surface area contributed by atoms with Crippen molar-refractivity contribution in [1.82, 2.24) is 14.5 Å². The molecule has 0 radical (unpaired) electrons. The lowest BCUT2D eigenvalue weighted by Gasteiger charge is -2.36. The molecule has 5 rings (SSSR count). The molecule has 4 heterocycles. The Labute approximate surface area is 196 Å². The van der Waals surface area contributed by atoms with Gasteiger partial charge in [0.15, 0.2) is 5.82 Å². The zero-order valence-corrected chi connectivity index (χ0v) is 19.7. The first-order valence-electron chi connectivity index (χ1n) is 10.9. The van der Waals surface area contributed by atoms with E-state index in [1.807, 2.05) is 0 Å². The summed E-state index contributed by atoms with van der Waals surface area (Å²) in [6, 6.07) is 8.64. The number of halogens is 3. The summed E-state index contributed by atoms with van der Waals surface area (Å²) in [5, 5.41) is 3.44. The Hall–Kier alpha value is -2.03. The second-order valence-corrected chi connectivity index (χ2v) is 9.40. The first-order chi connectivity index (χ1) is 14.9. The van der Waals surface area contributed by atoms with E-state index in [1.54, 1.807) is 18.3 Å². The molecule has 1 aromatic carbocycles. The first-order valence-corrected chi connectivity index (χ1v) is 11.7. The van der Waals surface area contributed by atoms with Crippen molar-refractivity contribution in [2.45, 2.75) is 38.7 Å². The third kappa shape index (κ3) is 4.16. The maximum atomic E-state index is 14.2. The molecule has 5 nitrogen and oxygen atoms in total. The number of aryl methyl sites for hydroxylation is 1. The fourth-order valence-corrected chi connectivity index (χ4v) is 5.59. The Balaban J connectivity index is 0.00000245. The van der Waals surface area contributed by atoms with Crippen LogP contribution in [0.4, 0.5) is 14.5 Å². The van der Waals surface area contributed by atoms with Gasteiger partial charge in [0.05, 0.1) is 0 Å². The largest absolute Gasteiger partial charge is 0.368 e. The van der Waals surface area contributed by atoms with Gasteiger partial charge in [0.25, 0.3) is 5.56 Å². The molecule has 0 saturated carbocycles. The molecule has 172 valence electrons. The van der Waals surface area contributed by atoms with Gasteiger partial charge >= 0.3 is 5.92 Å². The van der Waals surface area contributed by atoms with E-state index in [4.69, 9.17) is 0 Å². The molecule has 1 fully saturated rings. The molecule has 3 aromatic rings. The minimum absolute atomic E-state index is 0. The zero-order valence-electron chi connectivity index (χ0n) is 18.0. The van der Waals surface area contributed by atoms with Crippen LogP contribution in [0.3, 0.4) is 0 Å². The van der Waals surface area contributed by atoms with Crippen molar-refractivity contribution in [2.24, 2.45) is 0 Å². The SMILES string of the molecule is Cc1nc2n(c(=O)c1CCN1CCN(c3cccc4sccc34)CC1)CCCC2(F)F.Cl. The number of hydrogen-bond donors (Lipinski definition) is 0. The van der Waals surface area contributed by atoms with Gasteiger partial charge in [-0.25, -0.2) is 4.98 Å². The standard InChI is InChI=1S/C23H26F2N4OS.ClH/c1-16-17(21(30)29-9-3-8-23(24,25)22(29)26-16)6-10-27-11-13-28(14-12-27)19-4-2-5-20-18(19)7-15-31-20;/h2,4-5,7,15H,3,6,8-14H2,1H3;1H. The maximum absolute atomic E-state index is 14.2. The topological polar surface area (TPSA) is 41.4 Å². The lowest BCUT2D eigenvalue weighted by Crippen LogP contribution is -2.47. The Morgan fingerprint density at radius 1 is 1.12 bits per heavy atom. The van der Waals surface area contributed by atoms with Crippen LogP contribution in [0.2, 0.25) is 0 Å². The molecule has 0 bridgehead atoms. The van der Waals surface area contributed by atoms with Crippen molar-refractivity contribution in [3.63, 3.8) is 0 Å². The summed E-state index contributed by atoms with van der Waals surface area (Å²) < 4.78 is 30.9. The Kier molecular flexibility index (Phi) is 6.56. The summed E-state index contributed by atoms with van der Waals surface area (Å²) >= 11 is 1.76. The number of rotatable bonds is 4. The van der Waals surface area contributed by atoms with Crippen LogP contribution in [0, 0.1) is 6.92 Å². The van der Waals surface area contributed by atoms with Crippen LogP contribution in [-0.4, -0.2) is 47.2 Å². The highest BCUT2D eigenvalue weighted by Gasteiger charge is 2.40. The number of thiophene rings is 1. The van der Waals surface area contributed by atoms with Gasteiger partial charge in [-0.3, -0.25) is 14.3 Å². The van der Waals surface area contributed by atoms with Crippen molar-refractivity contribution in [2.75, 3.05) is 37.6 Å². The number of aromatic nitrogens is 2. The second-order valence-electron chi connectivity index (χ2n) is 8.45. The molecule has 2 aliphatic rings. The number of piperazine rings is 1. The predicted octanol–water partition coefficient (Wildman–Crippen LogP) is 4.44. The molecule has 2 aromatic heterocycles. The lowest BCUT2D eigenvalue weighted by atomic mass is 10.1. The summed E-state index contributed by atoms with van der Waals surface area (Å²) in [5.41, 5.74) is 2.02. The highest BCUT2D eigenvalue weighted by Crippen LogP contribution is 2.35. The van der Waals surface area contributed by atoms with Crippen molar-refractivity contribution >= 4 is 39.5 Å². The molecule has 0 aliphatic carbocycles. The fraction of sp³-hybridized carbons (Fsp3) is 0.478. The number of anilines is 1. The number of hydrogen-bond acceptors (Lipinski definition) is 5. The van der Waals surface area contributed by atoms with Gasteiger partial charge < -0.3 is 4.90 Å². The summed E-state index contributed by atoms with van der Waals surface area (Å²) in [4.78, 5) is 21.8. The smallest absolute Gasteiger partial charge is 0.305 e. The molecule has 2 aliphatic heterocycles. The van der Waals surface area contributed by atoms with Crippen LogP contribution in [0.15, 0.2) is 34.4 Å². The fourth-order valence-electron chi connectivity index (χ4n) is 4.78. The summed E-state index contributed by atoms with van der Waals surface area (Å²) in [5.74, 6) is -3.37. The van der Waals surface area contributed by atoms with E-state index in [2.05, 4.69) is 44.4 Å². The average molecular weight is 481 g/mol. The Morgan fingerprint density at radius 2 is 1.91 bits per heavy atom. The summed E-state index contributed by atoms with van der Waals surface area (Å²) in [6.45, 7) is 6.44. The summed E-state index contributed by atoms with van der Waals surface area (Å²) in [6.07, 6.45) is 0.619. The third-order valence-electron chi connectivity index (χ3n) is 6.53. The third-order valence-corrected chi connectivity index (χ3v) is 7.41. The Morgan fingerprint density at radius 3 is 2.69 bits per heavy atom. The molecular weight excluding hydrogens is 454 g/mol. The molecule has 0 unspecified atom stereocenters. The monoisotopic (exact) mass is 480 g/mol. The molecule has 1 saturated heterocycles. The van der Waals surface area contributed by atoms with Gasteiger partial charge in [-0.15, -0.1) is 23.7 Å². The van der Waals surface area contributed by atoms with Gasteiger partial charge in [-0.2, -0.15) is 8.78 Å². The van der Waals surface area contributed by atoms with E-state index in [-0.39, 0.29) is 30.2 Å². The number of benzene rings is 1. The normalized spacial score (nSPS) is 18.4. The van der Waals surface area contributed by atoms with Crippen LogP contribution < -0.4 is 10.5 Å². The first kappa shape index (κ1) is 23.1. The molecule has 0 atom stereocenters. The van der Waals surface area contributed by atoms with Gasteiger partial charge in [-0.1, -0.05) is 6.07 Å². The highest BCUT2D eigenvalue weighted by molar-refractivity contribution is 7.17. The van der Waals surface area contributed by atoms with E-state index in [1.165, 1.54) is 20.3 Å². The van der Waals surface area contributed by atoms with Crippen LogP contribution >= 0.6 is 23.7 Å².